The lowest BCUT2D eigenvalue weighted by Crippen LogP contribution is -2.42. The number of carbonyl (C=O) groups excluding carboxylic acids is 1. The Morgan fingerprint density at radius 1 is 1.16 bits per heavy atom. The van der Waals surface area contributed by atoms with Crippen LogP contribution in [0.15, 0.2) is 39.6 Å². The summed E-state index contributed by atoms with van der Waals surface area (Å²) in [5.74, 6) is 0.102. The number of anilines is 1. The molecule has 2 aromatic carbocycles. The number of sulfonamides is 1. The van der Waals surface area contributed by atoms with E-state index in [0.717, 1.165) is 29.7 Å². The van der Waals surface area contributed by atoms with E-state index in [-0.39, 0.29) is 23.4 Å². The molecule has 2 aromatic rings. The molecule has 1 atom stereocenters. The fourth-order valence-electron chi connectivity index (χ4n) is 4.84. The van der Waals surface area contributed by atoms with Gasteiger partial charge in [0.05, 0.1) is 17.9 Å². The molecule has 9 heteroatoms. The lowest BCUT2D eigenvalue weighted by Gasteiger charge is -2.28. The number of methoxy groups -OCH3 is 1. The van der Waals surface area contributed by atoms with Crippen molar-refractivity contribution in [3.05, 3.63) is 52.6 Å². The number of hydrogen-bond acceptors (Lipinski definition) is 5. The third-order valence-corrected chi connectivity index (χ3v) is 8.51. The summed E-state index contributed by atoms with van der Waals surface area (Å²) in [6, 6.07) is 9.30. The van der Waals surface area contributed by atoms with Crippen molar-refractivity contribution in [3.63, 3.8) is 0 Å². The number of esters is 1. The molecule has 38 heavy (non-hydrogen) atoms. The predicted octanol–water partition coefficient (Wildman–Crippen LogP) is 5.39. The summed E-state index contributed by atoms with van der Waals surface area (Å²) < 4.78 is 43.6. The summed E-state index contributed by atoms with van der Waals surface area (Å²) in [5.41, 5.74) is 3.31. The fourth-order valence-corrected chi connectivity index (χ4v) is 6.37. The van der Waals surface area contributed by atoms with Gasteiger partial charge in [0.15, 0.2) is 0 Å². The Bertz CT molecular complexity index is 1300. The zero-order valence-corrected chi connectivity index (χ0v) is 24.7. The zero-order valence-electron chi connectivity index (χ0n) is 23.8. The highest BCUT2D eigenvalue weighted by Gasteiger charge is 2.37. The van der Waals surface area contributed by atoms with Gasteiger partial charge < -0.3 is 19.7 Å². The van der Waals surface area contributed by atoms with Crippen LogP contribution in [0.25, 0.3) is 0 Å². The highest BCUT2D eigenvalue weighted by atomic mass is 32.2. The molecule has 0 spiro atoms. The Morgan fingerprint density at radius 2 is 1.82 bits per heavy atom. The molecule has 0 radical (unpaired) electrons. The summed E-state index contributed by atoms with van der Waals surface area (Å²) in [5, 5.41) is 3.22. The third kappa shape index (κ3) is 6.49. The van der Waals surface area contributed by atoms with Crippen LogP contribution in [0.2, 0.25) is 0 Å². The molecule has 1 aliphatic rings. The minimum Gasteiger partial charge on any atom is -0.487 e. The molecule has 1 unspecified atom stereocenters. The monoisotopic (exact) mass is 543 g/mol. The van der Waals surface area contributed by atoms with E-state index in [9.17, 15) is 13.2 Å². The van der Waals surface area contributed by atoms with Crippen molar-refractivity contribution in [1.82, 2.24) is 4.90 Å². The van der Waals surface area contributed by atoms with Gasteiger partial charge in [0, 0.05) is 30.8 Å². The van der Waals surface area contributed by atoms with Crippen LogP contribution in [-0.2, 0) is 26.0 Å². The van der Waals surface area contributed by atoms with E-state index >= 15 is 0 Å². The van der Waals surface area contributed by atoms with Gasteiger partial charge >= 0.3 is 5.97 Å². The largest absolute Gasteiger partial charge is 0.487 e. The number of hydrogen-bond donors (Lipinski definition) is 1. The van der Waals surface area contributed by atoms with Crippen LogP contribution in [-0.4, -0.2) is 51.0 Å². The molecule has 0 saturated carbocycles. The van der Waals surface area contributed by atoms with E-state index < -0.39 is 21.5 Å². The molecule has 0 aromatic heterocycles. The maximum atomic E-state index is 14.1. The van der Waals surface area contributed by atoms with E-state index in [0.29, 0.717) is 29.8 Å². The molecule has 0 amide bonds. The number of para-hydroxylation sites is 1. The topological polar surface area (TPSA) is 97.3 Å². The van der Waals surface area contributed by atoms with Crippen LogP contribution >= 0.6 is 0 Å². The van der Waals surface area contributed by atoms with Gasteiger partial charge in [-0.05, 0) is 69.9 Å². The number of carbonyl (C=O) groups is 1. The molecular formula is C29H41N3O5S. The standard InChI is InChI=1S/C29H41N3O5S/c1-9-10-16-32(18-19(2)27(33)36-8)28(30-23-14-12-11-13-15-23)31-38(34,35)26-21(4)20(3)25-24(22(26)5)17-29(6,7)37-25/h11-15,19H,9-10,16-18H2,1-8H3,(H,30,31). The highest BCUT2D eigenvalue weighted by molar-refractivity contribution is 7.90. The molecule has 0 aliphatic carbocycles. The molecule has 0 saturated heterocycles. The van der Waals surface area contributed by atoms with E-state index in [1.54, 1.807) is 13.8 Å². The van der Waals surface area contributed by atoms with Crippen molar-refractivity contribution >= 4 is 27.6 Å². The number of rotatable bonds is 9. The molecule has 1 heterocycles. The number of benzene rings is 2. The smallest absolute Gasteiger partial charge is 0.310 e. The Morgan fingerprint density at radius 3 is 2.42 bits per heavy atom. The van der Waals surface area contributed by atoms with Gasteiger partial charge in [-0.15, -0.1) is 4.40 Å². The zero-order chi connectivity index (χ0) is 28.3. The van der Waals surface area contributed by atoms with Crippen molar-refractivity contribution in [1.29, 1.82) is 0 Å². The van der Waals surface area contributed by atoms with Gasteiger partial charge in [0.1, 0.15) is 11.4 Å². The van der Waals surface area contributed by atoms with E-state index in [1.807, 2.05) is 62.9 Å². The fraction of sp³-hybridized carbons (Fsp3) is 0.517. The number of guanidine groups is 1. The molecular weight excluding hydrogens is 502 g/mol. The van der Waals surface area contributed by atoms with E-state index in [1.165, 1.54) is 7.11 Å². The first-order valence-corrected chi connectivity index (χ1v) is 14.6. The van der Waals surface area contributed by atoms with E-state index in [2.05, 4.69) is 16.6 Å². The minimum absolute atomic E-state index is 0.175. The van der Waals surface area contributed by atoms with Gasteiger partial charge in [-0.25, -0.2) is 0 Å². The van der Waals surface area contributed by atoms with Crippen LogP contribution in [0.4, 0.5) is 5.69 Å². The number of ether oxygens (including phenoxy) is 2. The lowest BCUT2D eigenvalue weighted by molar-refractivity contribution is -0.145. The van der Waals surface area contributed by atoms with Crippen LogP contribution < -0.4 is 10.1 Å². The number of nitrogens with zero attached hydrogens (tertiary/aromatic N) is 2. The second kappa shape index (κ2) is 11.8. The van der Waals surface area contributed by atoms with Crippen molar-refractivity contribution < 1.29 is 22.7 Å². The number of nitrogens with one attached hydrogen (secondary N) is 1. The highest BCUT2D eigenvalue weighted by Crippen LogP contribution is 2.44. The summed E-state index contributed by atoms with van der Waals surface area (Å²) in [4.78, 5) is 14.3. The Kier molecular flexibility index (Phi) is 9.13. The Balaban J connectivity index is 2.16. The second-order valence-electron chi connectivity index (χ2n) is 10.7. The van der Waals surface area contributed by atoms with Crippen molar-refractivity contribution in [3.8, 4) is 5.75 Å². The first kappa shape index (κ1) is 29.5. The quantitative estimate of drug-likeness (QED) is 0.257. The van der Waals surface area contributed by atoms with Crippen molar-refractivity contribution in [2.75, 3.05) is 25.5 Å². The summed E-state index contributed by atoms with van der Waals surface area (Å²) in [6.45, 7) is 14.1. The van der Waals surface area contributed by atoms with Gasteiger partial charge in [-0.3, -0.25) is 4.79 Å². The SMILES string of the molecule is CCCCN(CC(C)C(=O)OC)/C(=N\S(=O)(=O)c1c(C)c(C)c2c(c1C)CC(C)(C)O2)Nc1ccccc1. The maximum absolute atomic E-state index is 14.1. The van der Waals surface area contributed by atoms with Crippen LogP contribution in [0.1, 0.15) is 62.8 Å². The Hall–Kier alpha value is -3.07. The van der Waals surface area contributed by atoms with Gasteiger partial charge in [-0.1, -0.05) is 38.5 Å². The van der Waals surface area contributed by atoms with Crippen LogP contribution in [0.3, 0.4) is 0 Å². The molecule has 0 bridgehead atoms. The van der Waals surface area contributed by atoms with Crippen LogP contribution in [0.5, 0.6) is 5.75 Å². The molecule has 1 N–H and O–H groups in total. The third-order valence-electron chi connectivity index (χ3n) is 6.97. The lowest BCUT2D eigenvalue weighted by atomic mass is 9.94. The summed E-state index contributed by atoms with van der Waals surface area (Å²) >= 11 is 0. The summed E-state index contributed by atoms with van der Waals surface area (Å²) in [7, 11) is -2.79. The average Bonchev–Trinajstić information content (AvgIpc) is 3.20. The average molecular weight is 544 g/mol. The van der Waals surface area contributed by atoms with E-state index in [4.69, 9.17) is 9.47 Å². The maximum Gasteiger partial charge on any atom is 0.310 e. The number of fused-ring (bicyclic) bond motifs is 1. The normalized spacial score (nSPS) is 15.4. The second-order valence-corrected chi connectivity index (χ2v) is 12.2. The van der Waals surface area contributed by atoms with Crippen LogP contribution in [0, 0.1) is 26.7 Å². The predicted molar refractivity (Wildman–Crippen MR) is 151 cm³/mol. The van der Waals surface area contributed by atoms with Crippen molar-refractivity contribution in [2.45, 2.75) is 78.2 Å². The number of unbranched alkanes of at least 4 members (excludes halogenated alkanes) is 1. The minimum atomic E-state index is -4.14. The molecule has 208 valence electrons. The van der Waals surface area contributed by atoms with Crippen molar-refractivity contribution in [2.24, 2.45) is 10.3 Å². The van der Waals surface area contributed by atoms with Gasteiger partial charge in [-0.2, -0.15) is 8.42 Å². The molecule has 1 aliphatic heterocycles. The van der Waals surface area contributed by atoms with Gasteiger partial charge in [0.2, 0.25) is 5.96 Å². The van der Waals surface area contributed by atoms with Gasteiger partial charge in [0.25, 0.3) is 10.0 Å². The molecule has 3 rings (SSSR count). The molecule has 0 fully saturated rings. The summed E-state index contributed by atoms with van der Waals surface area (Å²) in [6.07, 6.45) is 2.31. The first-order valence-electron chi connectivity index (χ1n) is 13.1. The Labute approximate surface area is 227 Å². The molecule has 8 nitrogen and oxygen atoms in total. The first-order chi connectivity index (χ1) is 17.8.